The fourth-order valence-electron chi connectivity index (χ4n) is 3.77. The summed E-state index contributed by atoms with van der Waals surface area (Å²) in [6.45, 7) is 2.13. The molecule has 30 heavy (non-hydrogen) atoms. The fourth-order valence-corrected chi connectivity index (χ4v) is 3.77. The quantitative estimate of drug-likeness (QED) is 0.656. The van der Waals surface area contributed by atoms with E-state index in [-0.39, 0.29) is 24.4 Å². The first-order chi connectivity index (χ1) is 14.6. The van der Waals surface area contributed by atoms with Crippen molar-refractivity contribution in [3.8, 4) is 0 Å². The number of fused-ring (bicyclic) bond motifs is 1. The molecule has 5 nitrogen and oxygen atoms in total. The molecular weight excluding hydrogens is 378 g/mol. The molecule has 0 aromatic heterocycles. The van der Waals surface area contributed by atoms with Crippen molar-refractivity contribution >= 4 is 22.5 Å². The molecule has 5 heteroatoms. The van der Waals surface area contributed by atoms with Crippen molar-refractivity contribution in [3.63, 3.8) is 0 Å². The van der Waals surface area contributed by atoms with E-state index in [2.05, 4.69) is 23.5 Å². The minimum absolute atomic E-state index is 0.0341. The van der Waals surface area contributed by atoms with Gasteiger partial charge >= 0.3 is 0 Å². The molecule has 0 radical (unpaired) electrons. The van der Waals surface area contributed by atoms with Gasteiger partial charge in [0.05, 0.1) is 12.7 Å². The van der Waals surface area contributed by atoms with Gasteiger partial charge in [-0.05, 0) is 28.8 Å². The molecule has 1 fully saturated rings. The number of hydrogen-bond donors (Lipinski definition) is 1. The molecule has 0 bridgehead atoms. The van der Waals surface area contributed by atoms with Crippen LogP contribution in [0.25, 0.3) is 10.8 Å². The van der Waals surface area contributed by atoms with Gasteiger partial charge in [0, 0.05) is 6.42 Å². The lowest BCUT2D eigenvalue weighted by molar-refractivity contribution is -0.136. The Morgan fingerprint density at radius 3 is 2.57 bits per heavy atom. The molecule has 1 aliphatic heterocycles. The molecule has 1 heterocycles. The monoisotopic (exact) mass is 403 g/mol. The number of carbonyl (C=O) groups excluding carboxylic acids is 2. The molecule has 1 aliphatic rings. The van der Waals surface area contributed by atoms with E-state index < -0.39 is 12.1 Å². The summed E-state index contributed by atoms with van der Waals surface area (Å²) in [7, 11) is 0. The van der Waals surface area contributed by atoms with Crippen LogP contribution in [-0.4, -0.2) is 36.5 Å². The number of carbonyl (C=O) groups is 2. The summed E-state index contributed by atoms with van der Waals surface area (Å²) in [6, 6.07) is 23.3. The third kappa shape index (κ3) is 4.58. The molecule has 0 spiro atoms. The number of benzene rings is 3. The van der Waals surface area contributed by atoms with E-state index in [0.29, 0.717) is 13.0 Å². The van der Waals surface area contributed by atoms with Crippen LogP contribution in [0, 0.1) is 0 Å². The Morgan fingerprint density at radius 1 is 1.07 bits per heavy atom. The van der Waals surface area contributed by atoms with Gasteiger partial charge in [0.25, 0.3) is 0 Å². The van der Waals surface area contributed by atoms with Crippen LogP contribution in [0.3, 0.4) is 0 Å². The number of ether oxygens (including phenoxy) is 2. The summed E-state index contributed by atoms with van der Waals surface area (Å²) in [6.07, 6.45) is -0.628. The molecule has 0 aliphatic carbocycles. The Balaban J connectivity index is 1.52. The number of hydrogen-bond acceptors (Lipinski definition) is 4. The highest BCUT2D eigenvalue weighted by Crippen LogP contribution is 2.20. The minimum Gasteiger partial charge on any atom is -0.368 e. The van der Waals surface area contributed by atoms with Gasteiger partial charge in [-0.2, -0.15) is 0 Å². The summed E-state index contributed by atoms with van der Waals surface area (Å²) in [5.41, 5.74) is 2.02. The first-order valence-electron chi connectivity index (χ1n) is 10.2. The first-order valence-corrected chi connectivity index (χ1v) is 10.2. The van der Waals surface area contributed by atoms with Crippen molar-refractivity contribution in [2.24, 2.45) is 0 Å². The second-order valence-corrected chi connectivity index (χ2v) is 7.60. The van der Waals surface area contributed by atoms with Crippen LogP contribution in [0.2, 0.25) is 0 Å². The Morgan fingerprint density at radius 2 is 1.80 bits per heavy atom. The molecular formula is C25H25NO4. The van der Waals surface area contributed by atoms with E-state index in [4.69, 9.17) is 9.47 Å². The Kier molecular flexibility index (Phi) is 6.21. The van der Waals surface area contributed by atoms with Gasteiger partial charge in [0.15, 0.2) is 5.78 Å². The van der Waals surface area contributed by atoms with Crippen LogP contribution in [-0.2, 0) is 32.1 Å². The average molecular weight is 403 g/mol. The van der Waals surface area contributed by atoms with Gasteiger partial charge in [-0.3, -0.25) is 9.59 Å². The lowest BCUT2D eigenvalue weighted by Crippen LogP contribution is -2.49. The van der Waals surface area contributed by atoms with E-state index in [1.807, 2.05) is 54.6 Å². The lowest BCUT2D eigenvalue weighted by Gasteiger charge is -2.22. The van der Waals surface area contributed by atoms with E-state index in [0.717, 1.165) is 21.9 Å². The van der Waals surface area contributed by atoms with Gasteiger partial charge in [0.2, 0.25) is 5.91 Å². The van der Waals surface area contributed by atoms with Crippen molar-refractivity contribution in [3.05, 3.63) is 83.9 Å². The summed E-state index contributed by atoms with van der Waals surface area (Å²) in [5.74, 6) is -0.404. The molecule has 154 valence electrons. The predicted molar refractivity (Wildman–Crippen MR) is 115 cm³/mol. The lowest BCUT2D eigenvalue weighted by atomic mass is 10.0. The zero-order valence-electron chi connectivity index (χ0n) is 16.9. The summed E-state index contributed by atoms with van der Waals surface area (Å²) >= 11 is 0. The van der Waals surface area contributed by atoms with Crippen LogP contribution in [0.5, 0.6) is 0 Å². The van der Waals surface area contributed by atoms with Crippen LogP contribution >= 0.6 is 0 Å². The summed E-state index contributed by atoms with van der Waals surface area (Å²) in [4.78, 5) is 25.1. The van der Waals surface area contributed by atoms with Crippen molar-refractivity contribution < 1.29 is 19.1 Å². The third-order valence-corrected chi connectivity index (χ3v) is 5.48. The number of ketones is 1. The topological polar surface area (TPSA) is 64.6 Å². The average Bonchev–Trinajstić information content (AvgIpc) is 3.09. The van der Waals surface area contributed by atoms with E-state index in [9.17, 15) is 9.59 Å². The number of nitrogens with one attached hydrogen (secondary N) is 1. The van der Waals surface area contributed by atoms with Crippen LogP contribution in [0.15, 0.2) is 72.8 Å². The van der Waals surface area contributed by atoms with Gasteiger partial charge in [0.1, 0.15) is 18.8 Å². The second kappa shape index (κ2) is 9.20. The SMILES string of the molecule is CC1OCC(=O)C1NC(=O)C(Cc1ccccc1)OCc1cccc2ccccc12. The molecule has 3 atom stereocenters. The largest absolute Gasteiger partial charge is 0.368 e. The summed E-state index contributed by atoms with van der Waals surface area (Å²) in [5, 5.41) is 5.07. The molecule has 0 saturated carbocycles. The number of amides is 1. The first kappa shape index (κ1) is 20.3. The Bertz CT molecular complexity index is 1030. The van der Waals surface area contributed by atoms with E-state index in [1.165, 1.54) is 0 Å². The van der Waals surface area contributed by atoms with Gasteiger partial charge in [-0.1, -0.05) is 72.8 Å². The van der Waals surface area contributed by atoms with E-state index in [1.54, 1.807) is 6.92 Å². The predicted octanol–water partition coefficient (Wildman–Crippen LogP) is 3.44. The maximum Gasteiger partial charge on any atom is 0.250 e. The van der Waals surface area contributed by atoms with Crippen molar-refractivity contribution in [2.45, 2.75) is 38.2 Å². The molecule has 1 saturated heterocycles. The molecule has 3 aromatic rings. The smallest absolute Gasteiger partial charge is 0.250 e. The van der Waals surface area contributed by atoms with E-state index >= 15 is 0 Å². The third-order valence-electron chi connectivity index (χ3n) is 5.48. The number of rotatable bonds is 7. The maximum absolute atomic E-state index is 13.0. The van der Waals surface area contributed by atoms with Crippen molar-refractivity contribution in [1.29, 1.82) is 0 Å². The molecule has 1 amide bonds. The second-order valence-electron chi connectivity index (χ2n) is 7.60. The maximum atomic E-state index is 13.0. The molecule has 3 unspecified atom stereocenters. The Hall–Kier alpha value is -3.02. The Labute approximate surface area is 176 Å². The van der Waals surface area contributed by atoms with Gasteiger partial charge < -0.3 is 14.8 Å². The van der Waals surface area contributed by atoms with Crippen LogP contribution < -0.4 is 5.32 Å². The standard InChI is InChI=1S/C25H25NO4/c1-17-24(22(27)16-29-17)26-25(28)23(14-18-8-3-2-4-9-18)30-15-20-12-7-11-19-10-5-6-13-21(19)20/h2-13,17,23-24H,14-16H2,1H3,(H,26,28). The minimum atomic E-state index is -0.716. The van der Waals surface area contributed by atoms with Gasteiger partial charge in [-0.25, -0.2) is 0 Å². The van der Waals surface area contributed by atoms with Crippen LogP contribution in [0.1, 0.15) is 18.1 Å². The highest BCUT2D eigenvalue weighted by molar-refractivity contribution is 5.93. The summed E-state index contributed by atoms with van der Waals surface area (Å²) < 4.78 is 11.5. The van der Waals surface area contributed by atoms with Crippen molar-refractivity contribution in [2.75, 3.05) is 6.61 Å². The highest BCUT2D eigenvalue weighted by atomic mass is 16.5. The van der Waals surface area contributed by atoms with Crippen molar-refractivity contribution in [1.82, 2.24) is 5.32 Å². The van der Waals surface area contributed by atoms with Gasteiger partial charge in [-0.15, -0.1) is 0 Å². The molecule has 1 N–H and O–H groups in total. The zero-order valence-corrected chi connectivity index (χ0v) is 16.9. The van der Waals surface area contributed by atoms with Crippen LogP contribution in [0.4, 0.5) is 0 Å². The fraction of sp³-hybridized carbons (Fsp3) is 0.280. The molecule has 4 rings (SSSR count). The zero-order chi connectivity index (χ0) is 20.9. The normalized spacial score (nSPS) is 19.7. The highest BCUT2D eigenvalue weighted by Gasteiger charge is 2.35. The number of Topliss-reactive ketones (excluding diaryl/α,β-unsaturated/α-hetero) is 1. The molecule has 3 aromatic carbocycles.